The second-order valence-corrected chi connectivity index (χ2v) is 6.27. The molecular weight excluding hydrogens is 340 g/mol. The smallest absolute Gasteiger partial charge is 0.0207 e. The summed E-state index contributed by atoms with van der Waals surface area (Å²) in [5, 5.41) is 1.10. The van der Waals surface area contributed by atoms with Gasteiger partial charge in [-0.1, -0.05) is 76.7 Å². The van der Waals surface area contributed by atoms with Crippen molar-refractivity contribution in [2.75, 3.05) is 5.33 Å². The highest BCUT2D eigenvalue weighted by molar-refractivity contribution is 9.10. The van der Waals surface area contributed by atoms with E-state index in [4.69, 9.17) is 0 Å². The fraction of sp³-hybridized carbons (Fsp3) is 0.600. The molecule has 0 amide bonds. The van der Waals surface area contributed by atoms with E-state index < -0.39 is 0 Å². The normalized spacial score (nSPS) is 14.6. The van der Waals surface area contributed by atoms with Crippen LogP contribution in [0.1, 0.15) is 45.1 Å². The second-order valence-electron chi connectivity index (χ2n) is 4.86. The first-order chi connectivity index (χ1) is 8.17. The van der Waals surface area contributed by atoms with Crippen molar-refractivity contribution in [1.82, 2.24) is 0 Å². The molecule has 0 fully saturated rings. The molecule has 1 atom stereocenters. The largest absolute Gasteiger partial charge is 0.0922 e. The Morgan fingerprint density at radius 2 is 1.88 bits per heavy atom. The van der Waals surface area contributed by atoms with Gasteiger partial charge in [0.25, 0.3) is 0 Å². The van der Waals surface area contributed by atoms with Gasteiger partial charge < -0.3 is 0 Å². The minimum atomic E-state index is 0.417. The maximum atomic E-state index is 3.73. The molecule has 1 aromatic rings. The van der Waals surface area contributed by atoms with Gasteiger partial charge in [0, 0.05) is 9.80 Å². The molecule has 1 rings (SSSR count). The third-order valence-electron chi connectivity index (χ3n) is 3.62. The number of benzene rings is 1. The standard InChI is InChI=1S/C15H22Br2/c1-3-5-10-15(4-2,12-16)11-13-8-6-7-9-14(13)17/h6-9H,3-5,10-12H2,1-2H3. The summed E-state index contributed by atoms with van der Waals surface area (Å²) in [4.78, 5) is 0. The lowest BCUT2D eigenvalue weighted by atomic mass is 9.77. The second kappa shape index (κ2) is 7.58. The molecule has 0 aliphatic heterocycles. The summed E-state index contributed by atoms with van der Waals surface area (Å²) in [7, 11) is 0. The zero-order valence-corrected chi connectivity index (χ0v) is 14.0. The third kappa shape index (κ3) is 4.40. The number of hydrogen-bond acceptors (Lipinski definition) is 0. The van der Waals surface area contributed by atoms with E-state index in [9.17, 15) is 0 Å². The lowest BCUT2D eigenvalue weighted by Crippen LogP contribution is -2.25. The fourth-order valence-electron chi connectivity index (χ4n) is 2.20. The van der Waals surface area contributed by atoms with Crippen LogP contribution in [0.3, 0.4) is 0 Å². The average molecular weight is 362 g/mol. The van der Waals surface area contributed by atoms with Crippen LogP contribution in [-0.2, 0) is 6.42 Å². The predicted octanol–water partition coefficient (Wildman–Crippen LogP) is 5.97. The molecule has 1 aromatic carbocycles. The van der Waals surface area contributed by atoms with Crippen molar-refractivity contribution < 1.29 is 0 Å². The predicted molar refractivity (Wildman–Crippen MR) is 83.9 cm³/mol. The lowest BCUT2D eigenvalue weighted by Gasteiger charge is -2.31. The van der Waals surface area contributed by atoms with Crippen LogP contribution in [0.2, 0.25) is 0 Å². The molecule has 0 heterocycles. The molecule has 0 bridgehead atoms. The van der Waals surface area contributed by atoms with Crippen molar-refractivity contribution in [2.24, 2.45) is 5.41 Å². The molecule has 0 spiro atoms. The summed E-state index contributed by atoms with van der Waals surface area (Å²) in [5.74, 6) is 0. The molecule has 0 N–H and O–H groups in total. The monoisotopic (exact) mass is 360 g/mol. The summed E-state index contributed by atoms with van der Waals surface area (Å²) < 4.78 is 1.25. The van der Waals surface area contributed by atoms with Gasteiger partial charge in [0.2, 0.25) is 0 Å². The van der Waals surface area contributed by atoms with E-state index >= 15 is 0 Å². The molecule has 2 heteroatoms. The van der Waals surface area contributed by atoms with Gasteiger partial charge in [0.1, 0.15) is 0 Å². The zero-order valence-electron chi connectivity index (χ0n) is 10.8. The van der Waals surface area contributed by atoms with E-state index in [0.29, 0.717) is 5.41 Å². The Bertz CT molecular complexity index is 329. The van der Waals surface area contributed by atoms with Crippen molar-refractivity contribution in [1.29, 1.82) is 0 Å². The molecule has 0 aliphatic rings. The minimum absolute atomic E-state index is 0.417. The van der Waals surface area contributed by atoms with Crippen LogP contribution in [0.4, 0.5) is 0 Å². The number of hydrogen-bond donors (Lipinski definition) is 0. The molecule has 0 nitrogen and oxygen atoms in total. The number of alkyl halides is 1. The first kappa shape index (κ1) is 15.2. The van der Waals surface area contributed by atoms with E-state index in [1.165, 1.54) is 35.7 Å². The number of unbranched alkanes of at least 4 members (excludes halogenated alkanes) is 1. The van der Waals surface area contributed by atoms with Crippen molar-refractivity contribution >= 4 is 31.9 Å². The molecule has 17 heavy (non-hydrogen) atoms. The van der Waals surface area contributed by atoms with Crippen LogP contribution in [0.5, 0.6) is 0 Å². The van der Waals surface area contributed by atoms with Gasteiger partial charge in [-0.25, -0.2) is 0 Å². The van der Waals surface area contributed by atoms with Gasteiger partial charge in [-0.2, -0.15) is 0 Å². The van der Waals surface area contributed by atoms with Gasteiger partial charge in [0.15, 0.2) is 0 Å². The zero-order chi connectivity index (χ0) is 12.7. The highest BCUT2D eigenvalue weighted by atomic mass is 79.9. The van der Waals surface area contributed by atoms with E-state index in [-0.39, 0.29) is 0 Å². The number of rotatable bonds is 7. The molecule has 0 saturated carbocycles. The van der Waals surface area contributed by atoms with Gasteiger partial charge in [-0.05, 0) is 36.3 Å². The Morgan fingerprint density at radius 3 is 2.41 bits per heavy atom. The van der Waals surface area contributed by atoms with Gasteiger partial charge >= 0.3 is 0 Å². The topological polar surface area (TPSA) is 0 Å². The summed E-state index contributed by atoms with van der Waals surface area (Å²) in [5.41, 5.74) is 1.85. The molecule has 0 aromatic heterocycles. The van der Waals surface area contributed by atoms with Crippen LogP contribution in [0.15, 0.2) is 28.7 Å². The van der Waals surface area contributed by atoms with Gasteiger partial charge in [-0.3, -0.25) is 0 Å². The molecule has 0 saturated heterocycles. The highest BCUT2D eigenvalue weighted by Crippen LogP contribution is 2.36. The summed E-state index contributed by atoms with van der Waals surface area (Å²) in [6, 6.07) is 8.60. The van der Waals surface area contributed by atoms with Crippen LogP contribution >= 0.6 is 31.9 Å². The average Bonchev–Trinajstić information content (AvgIpc) is 2.37. The Labute approximate surface area is 122 Å². The SMILES string of the molecule is CCCCC(CC)(CBr)Cc1ccccc1Br. The number of halogens is 2. The van der Waals surface area contributed by atoms with E-state index in [1.54, 1.807) is 0 Å². The Kier molecular flexibility index (Phi) is 6.79. The Morgan fingerprint density at radius 1 is 1.18 bits per heavy atom. The van der Waals surface area contributed by atoms with Crippen molar-refractivity contribution in [3.8, 4) is 0 Å². The first-order valence-electron chi connectivity index (χ1n) is 6.47. The first-order valence-corrected chi connectivity index (χ1v) is 8.38. The molecule has 1 unspecified atom stereocenters. The third-order valence-corrected chi connectivity index (χ3v) is 5.58. The van der Waals surface area contributed by atoms with Crippen LogP contribution in [0.25, 0.3) is 0 Å². The van der Waals surface area contributed by atoms with Crippen LogP contribution in [0, 0.1) is 5.41 Å². The van der Waals surface area contributed by atoms with Crippen molar-refractivity contribution in [2.45, 2.75) is 46.0 Å². The summed E-state index contributed by atoms with van der Waals surface area (Å²) in [6.07, 6.45) is 6.32. The molecule has 96 valence electrons. The molecular formula is C15H22Br2. The van der Waals surface area contributed by atoms with E-state index in [1.807, 2.05) is 0 Å². The summed E-state index contributed by atoms with van der Waals surface area (Å²) in [6.45, 7) is 4.58. The quantitative estimate of drug-likeness (QED) is 0.524. The van der Waals surface area contributed by atoms with Crippen molar-refractivity contribution in [3.05, 3.63) is 34.3 Å². The highest BCUT2D eigenvalue weighted by Gasteiger charge is 2.27. The van der Waals surface area contributed by atoms with E-state index in [0.717, 1.165) is 11.8 Å². The van der Waals surface area contributed by atoms with Gasteiger partial charge in [-0.15, -0.1) is 0 Å². The fourth-order valence-corrected chi connectivity index (χ4v) is 3.50. The summed E-state index contributed by atoms with van der Waals surface area (Å²) >= 11 is 7.39. The maximum absolute atomic E-state index is 3.73. The van der Waals surface area contributed by atoms with Crippen molar-refractivity contribution in [3.63, 3.8) is 0 Å². The van der Waals surface area contributed by atoms with Crippen LogP contribution in [-0.4, -0.2) is 5.33 Å². The minimum Gasteiger partial charge on any atom is -0.0922 e. The maximum Gasteiger partial charge on any atom is 0.0207 e. The van der Waals surface area contributed by atoms with Gasteiger partial charge in [0.05, 0.1) is 0 Å². The Hall–Kier alpha value is 0.180. The molecule has 0 aliphatic carbocycles. The molecule has 0 radical (unpaired) electrons. The van der Waals surface area contributed by atoms with E-state index in [2.05, 4.69) is 70.0 Å². The van der Waals surface area contributed by atoms with Crippen LogP contribution < -0.4 is 0 Å². The Balaban J connectivity index is 2.82. The lowest BCUT2D eigenvalue weighted by molar-refractivity contribution is 0.283.